The molecule has 0 aliphatic heterocycles. The van der Waals surface area contributed by atoms with Gasteiger partial charge >= 0.3 is 0 Å². The molecule has 0 saturated heterocycles. The molecule has 2 heterocycles. The van der Waals surface area contributed by atoms with Crippen molar-refractivity contribution in [3.8, 4) is 0 Å². The fourth-order valence-corrected chi connectivity index (χ4v) is 2.17. The highest BCUT2D eigenvalue weighted by molar-refractivity contribution is 7.92. The number of hydrogen-bond acceptors (Lipinski definition) is 7. The quantitative estimate of drug-likeness (QED) is 0.842. The summed E-state index contributed by atoms with van der Waals surface area (Å²) in [5, 5.41) is 6.46. The zero-order valence-corrected chi connectivity index (χ0v) is 11.2. The van der Waals surface area contributed by atoms with Crippen LogP contribution in [-0.4, -0.2) is 30.1 Å². The van der Waals surface area contributed by atoms with E-state index in [2.05, 4.69) is 25.2 Å². The van der Waals surface area contributed by atoms with Crippen LogP contribution in [0.25, 0.3) is 0 Å². The maximum atomic E-state index is 12.0. The van der Waals surface area contributed by atoms with Gasteiger partial charge in [0.15, 0.2) is 0 Å². The van der Waals surface area contributed by atoms with Gasteiger partial charge in [-0.05, 0) is 13.8 Å². The van der Waals surface area contributed by atoms with Crippen molar-refractivity contribution >= 4 is 21.9 Å². The molecule has 9 heteroatoms. The minimum absolute atomic E-state index is 0.0493. The summed E-state index contributed by atoms with van der Waals surface area (Å²) in [5.41, 5.74) is 0.580. The Labute approximate surface area is 110 Å². The highest BCUT2D eigenvalue weighted by Gasteiger charge is 2.17. The van der Waals surface area contributed by atoms with Gasteiger partial charge in [0.2, 0.25) is 11.8 Å². The predicted molar refractivity (Wildman–Crippen MR) is 68.2 cm³/mol. The van der Waals surface area contributed by atoms with Crippen molar-refractivity contribution in [2.75, 3.05) is 16.6 Å². The summed E-state index contributed by atoms with van der Waals surface area (Å²) in [6.07, 6.45) is 2.44. The molecule has 0 unspecified atom stereocenters. The molecular formula is C10H13N5O3S. The van der Waals surface area contributed by atoms with Crippen molar-refractivity contribution in [3.05, 3.63) is 24.2 Å². The van der Waals surface area contributed by atoms with E-state index < -0.39 is 10.0 Å². The average Bonchev–Trinajstić information content (AvgIpc) is 2.75. The molecule has 19 heavy (non-hydrogen) atoms. The van der Waals surface area contributed by atoms with Crippen LogP contribution in [0.2, 0.25) is 0 Å². The van der Waals surface area contributed by atoms with Gasteiger partial charge in [0, 0.05) is 12.6 Å². The van der Waals surface area contributed by atoms with E-state index in [1.54, 1.807) is 6.92 Å². The second-order valence-electron chi connectivity index (χ2n) is 3.71. The lowest BCUT2D eigenvalue weighted by Crippen LogP contribution is -2.13. The summed E-state index contributed by atoms with van der Waals surface area (Å²) in [7, 11) is -3.77. The normalized spacial score (nSPS) is 11.3. The van der Waals surface area contributed by atoms with Crippen LogP contribution in [0, 0.1) is 6.92 Å². The third kappa shape index (κ3) is 3.19. The van der Waals surface area contributed by atoms with Crippen molar-refractivity contribution in [3.63, 3.8) is 0 Å². The molecular weight excluding hydrogens is 270 g/mol. The molecule has 102 valence electrons. The summed E-state index contributed by atoms with van der Waals surface area (Å²) in [6.45, 7) is 4.24. The average molecular weight is 283 g/mol. The minimum Gasteiger partial charge on any atom is -0.355 e. The molecule has 0 fully saturated rings. The van der Waals surface area contributed by atoms with Gasteiger partial charge in [-0.1, -0.05) is 5.16 Å². The molecule has 2 N–H and O–H groups in total. The van der Waals surface area contributed by atoms with E-state index in [0.29, 0.717) is 18.2 Å². The topological polar surface area (TPSA) is 110 Å². The molecule has 0 saturated carbocycles. The van der Waals surface area contributed by atoms with Crippen molar-refractivity contribution in [2.24, 2.45) is 0 Å². The van der Waals surface area contributed by atoms with Gasteiger partial charge in [-0.3, -0.25) is 0 Å². The maximum Gasteiger partial charge on any atom is 0.267 e. The second kappa shape index (κ2) is 5.22. The number of anilines is 2. The number of rotatable bonds is 5. The number of nitrogens with zero attached hydrogens (tertiary/aromatic N) is 3. The van der Waals surface area contributed by atoms with Crippen LogP contribution < -0.4 is 10.0 Å². The number of sulfonamides is 1. The highest BCUT2D eigenvalue weighted by Crippen LogP contribution is 2.15. The monoisotopic (exact) mass is 283 g/mol. The summed E-state index contributed by atoms with van der Waals surface area (Å²) in [6, 6.07) is 1.48. The van der Waals surface area contributed by atoms with Crippen LogP contribution >= 0.6 is 0 Å². The Morgan fingerprint density at radius 3 is 2.53 bits per heavy atom. The first kappa shape index (κ1) is 13.3. The van der Waals surface area contributed by atoms with E-state index in [9.17, 15) is 8.42 Å². The van der Waals surface area contributed by atoms with Crippen molar-refractivity contribution in [2.45, 2.75) is 18.7 Å². The van der Waals surface area contributed by atoms with Crippen molar-refractivity contribution < 1.29 is 12.9 Å². The van der Waals surface area contributed by atoms with Crippen molar-refractivity contribution in [1.82, 2.24) is 15.1 Å². The molecule has 0 radical (unpaired) electrons. The van der Waals surface area contributed by atoms with Crippen molar-refractivity contribution in [1.29, 1.82) is 0 Å². The lowest BCUT2D eigenvalue weighted by molar-refractivity contribution is 0.430. The molecule has 0 amide bonds. The van der Waals surface area contributed by atoms with Gasteiger partial charge in [0.05, 0.1) is 18.1 Å². The molecule has 0 spiro atoms. The Balaban J connectivity index is 2.19. The second-order valence-corrected chi connectivity index (χ2v) is 5.39. The van der Waals surface area contributed by atoms with E-state index >= 15 is 0 Å². The standard InChI is InChI=1S/C10H13N5O3S/c1-3-11-10-12-5-8(6-13-10)19(16,17)15-9-4-7(2)14-18-9/h4-6,15H,3H2,1-2H3,(H,11,12,13). The molecule has 0 aliphatic carbocycles. The lowest BCUT2D eigenvalue weighted by Gasteiger charge is -2.05. The van der Waals surface area contributed by atoms with E-state index in [1.807, 2.05) is 6.92 Å². The Hall–Kier alpha value is -2.16. The molecule has 2 aromatic rings. The molecule has 0 aliphatic rings. The summed E-state index contributed by atoms with van der Waals surface area (Å²) in [4.78, 5) is 7.74. The fourth-order valence-electron chi connectivity index (χ4n) is 1.31. The highest BCUT2D eigenvalue weighted by atomic mass is 32.2. The third-order valence-electron chi connectivity index (χ3n) is 2.14. The number of hydrogen-bond donors (Lipinski definition) is 2. The van der Waals surface area contributed by atoms with Crippen LogP contribution in [0.1, 0.15) is 12.6 Å². The van der Waals surface area contributed by atoms with Gasteiger partial charge in [0.25, 0.3) is 10.0 Å². The Bertz CT molecular complexity index is 650. The smallest absolute Gasteiger partial charge is 0.267 e. The minimum atomic E-state index is -3.77. The fraction of sp³-hybridized carbons (Fsp3) is 0.300. The number of nitrogens with one attached hydrogen (secondary N) is 2. The Morgan fingerprint density at radius 1 is 1.32 bits per heavy atom. The molecule has 0 atom stereocenters. The van der Waals surface area contributed by atoms with Gasteiger partial charge in [0.1, 0.15) is 4.90 Å². The van der Waals surface area contributed by atoms with Crippen LogP contribution in [-0.2, 0) is 10.0 Å². The summed E-state index contributed by atoms with van der Waals surface area (Å²) in [5.74, 6) is 0.421. The zero-order valence-electron chi connectivity index (χ0n) is 10.4. The zero-order chi connectivity index (χ0) is 13.9. The first-order chi connectivity index (χ1) is 9.01. The molecule has 0 bridgehead atoms. The Morgan fingerprint density at radius 2 is 2.00 bits per heavy atom. The summed E-state index contributed by atoms with van der Waals surface area (Å²) < 4.78 is 31.0. The van der Waals surface area contributed by atoms with E-state index in [-0.39, 0.29) is 10.8 Å². The summed E-state index contributed by atoms with van der Waals surface area (Å²) >= 11 is 0. The Kier molecular flexibility index (Phi) is 3.65. The van der Waals surface area contributed by atoms with E-state index in [0.717, 1.165) is 0 Å². The maximum absolute atomic E-state index is 12.0. The number of aryl methyl sites for hydroxylation is 1. The van der Waals surface area contributed by atoms with Gasteiger partial charge < -0.3 is 9.84 Å². The predicted octanol–water partition coefficient (Wildman–Crippen LogP) is 1.01. The van der Waals surface area contributed by atoms with Crippen LogP contribution in [0.5, 0.6) is 0 Å². The van der Waals surface area contributed by atoms with Crippen LogP contribution in [0.15, 0.2) is 27.9 Å². The van der Waals surface area contributed by atoms with Gasteiger partial charge in [-0.15, -0.1) is 0 Å². The van der Waals surface area contributed by atoms with Gasteiger partial charge in [-0.2, -0.15) is 0 Å². The lowest BCUT2D eigenvalue weighted by atomic mass is 10.5. The van der Waals surface area contributed by atoms with E-state index in [1.165, 1.54) is 18.5 Å². The largest absolute Gasteiger partial charge is 0.355 e. The van der Waals surface area contributed by atoms with E-state index in [4.69, 9.17) is 4.52 Å². The number of aromatic nitrogens is 3. The SMILES string of the molecule is CCNc1ncc(S(=O)(=O)Nc2cc(C)no2)cn1. The third-order valence-corrected chi connectivity index (χ3v) is 3.44. The van der Waals surface area contributed by atoms with Gasteiger partial charge in [-0.25, -0.2) is 23.1 Å². The van der Waals surface area contributed by atoms with Crippen LogP contribution in [0.4, 0.5) is 11.8 Å². The first-order valence-corrected chi connectivity index (χ1v) is 7.01. The van der Waals surface area contributed by atoms with Crippen LogP contribution in [0.3, 0.4) is 0 Å². The molecule has 0 aromatic carbocycles. The molecule has 8 nitrogen and oxygen atoms in total. The first-order valence-electron chi connectivity index (χ1n) is 5.53. The molecule has 2 rings (SSSR count). The molecule has 2 aromatic heterocycles.